The van der Waals surface area contributed by atoms with Crippen molar-refractivity contribution >= 4 is 22.5 Å². The van der Waals surface area contributed by atoms with E-state index in [1.54, 1.807) is 9.42 Å². The van der Waals surface area contributed by atoms with Crippen molar-refractivity contribution in [2.24, 2.45) is 0 Å². The quantitative estimate of drug-likeness (QED) is 0.537. The van der Waals surface area contributed by atoms with Gasteiger partial charge >= 0.3 is 0 Å². The Morgan fingerprint density at radius 1 is 1.11 bits per heavy atom. The average molecular weight is 373 g/mol. The zero-order valence-electron chi connectivity index (χ0n) is 16.4. The third-order valence-corrected chi connectivity index (χ3v) is 5.29. The number of carbonyl (C=O) groups is 1. The number of amides is 1. The summed E-state index contributed by atoms with van der Waals surface area (Å²) in [6.45, 7) is 4.55. The van der Waals surface area contributed by atoms with E-state index < -0.39 is 0 Å². The lowest BCUT2D eigenvalue weighted by atomic mass is 10.0. The van der Waals surface area contributed by atoms with Gasteiger partial charge in [-0.05, 0) is 42.2 Å². The molecule has 28 heavy (non-hydrogen) atoms. The van der Waals surface area contributed by atoms with Crippen molar-refractivity contribution in [3.05, 3.63) is 71.3 Å². The van der Waals surface area contributed by atoms with E-state index in [1.165, 1.54) is 17.1 Å². The van der Waals surface area contributed by atoms with Crippen LogP contribution in [0.1, 0.15) is 28.9 Å². The van der Waals surface area contributed by atoms with Gasteiger partial charge < -0.3 is 4.90 Å². The summed E-state index contributed by atoms with van der Waals surface area (Å²) in [7, 11) is 1.86. The maximum Gasteiger partial charge on any atom is 0.252 e. The first-order valence-corrected chi connectivity index (χ1v) is 9.41. The van der Waals surface area contributed by atoms with Gasteiger partial charge in [0.2, 0.25) is 5.91 Å². The highest BCUT2D eigenvalue weighted by Crippen LogP contribution is 2.20. The van der Waals surface area contributed by atoms with E-state index in [2.05, 4.69) is 39.3 Å². The second-order valence-corrected chi connectivity index (χ2v) is 7.12. The van der Waals surface area contributed by atoms with Crippen LogP contribution in [0.25, 0.3) is 16.6 Å². The Labute approximate surface area is 163 Å². The highest BCUT2D eigenvalue weighted by molar-refractivity contribution is 5.86. The molecular weight excluding hydrogens is 350 g/mol. The van der Waals surface area contributed by atoms with Crippen molar-refractivity contribution in [2.45, 2.75) is 33.2 Å². The minimum atomic E-state index is 0.116. The predicted molar refractivity (Wildman–Crippen MR) is 109 cm³/mol. The molecule has 0 aliphatic rings. The Hall–Kier alpha value is -3.28. The smallest absolute Gasteiger partial charge is 0.252 e. The van der Waals surface area contributed by atoms with Gasteiger partial charge in [0.15, 0.2) is 0 Å². The SMILES string of the molecule is Cc1nc2ncnn2c(C)c1CCC(=O)N(C)Cc1cccc2ccccc12. The molecule has 0 unspecified atom stereocenters. The molecule has 0 aliphatic heterocycles. The molecule has 0 radical (unpaired) electrons. The molecule has 4 aromatic rings. The summed E-state index contributed by atoms with van der Waals surface area (Å²) in [5.74, 6) is 0.712. The maximum atomic E-state index is 12.8. The van der Waals surface area contributed by atoms with E-state index >= 15 is 0 Å². The molecule has 0 atom stereocenters. The van der Waals surface area contributed by atoms with Crippen molar-refractivity contribution in [3.8, 4) is 0 Å². The van der Waals surface area contributed by atoms with Gasteiger partial charge in [0.05, 0.1) is 0 Å². The lowest BCUT2D eigenvalue weighted by Crippen LogP contribution is -2.26. The molecule has 142 valence electrons. The van der Waals surface area contributed by atoms with E-state index in [1.807, 2.05) is 39.1 Å². The average Bonchev–Trinajstić information content (AvgIpc) is 3.16. The van der Waals surface area contributed by atoms with Crippen LogP contribution >= 0.6 is 0 Å². The van der Waals surface area contributed by atoms with Gasteiger partial charge in [0.25, 0.3) is 5.78 Å². The Morgan fingerprint density at radius 3 is 2.75 bits per heavy atom. The number of hydrogen-bond donors (Lipinski definition) is 0. The number of aryl methyl sites for hydroxylation is 2. The van der Waals surface area contributed by atoms with Gasteiger partial charge in [0, 0.05) is 31.4 Å². The molecule has 0 N–H and O–H groups in total. The van der Waals surface area contributed by atoms with Gasteiger partial charge in [0.1, 0.15) is 6.33 Å². The van der Waals surface area contributed by atoms with Gasteiger partial charge in [-0.25, -0.2) is 9.50 Å². The Bertz CT molecular complexity index is 1160. The van der Waals surface area contributed by atoms with Crippen molar-refractivity contribution in [1.82, 2.24) is 24.5 Å². The molecule has 0 aliphatic carbocycles. The van der Waals surface area contributed by atoms with E-state index in [0.29, 0.717) is 25.2 Å². The van der Waals surface area contributed by atoms with E-state index in [0.717, 1.165) is 22.5 Å². The fourth-order valence-corrected chi connectivity index (χ4v) is 3.71. The fraction of sp³-hybridized carbons (Fsp3) is 0.273. The summed E-state index contributed by atoms with van der Waals surface area (Å²) in [6.07, 6.45) is 2.58. The Balaban J connectivity index is 1.48. The second-order valence-electron chi connectivity index (χ2n) is 7.12. The van der Waals surface area contributed by atoms with Crippen molar-refractivity contribution < 1.29 is 4.79 Å². The van der Waals surface area contributed by atoms with Crippen LogP contribution in [0, 0.1) is 13.8 Å². The first kappa shape index (κ1) is 18.1. The molecule has 2 heterocycles. The van der Waals surface area contributed by atoms with Gasteiger partial charge in [-0.2, -0.15) is 10.1 Å². The Morgan fingerprint density at radius 2 is 1.89 bits per heavy atom. The van der Waals surface area contributed by atoms with Crippen LogP contribution in [0.3, 0.4) is 0 Å². The maximum absolute atomic E-state index is 12.8. The van der Waals surface area contributed by atoms with Crippen LogP contribution in [0.2, 0.25) is 0 Å². The largest absolute Gasteiger partial charge is 0.341 e. The van der Waals surface area contributed by atoms with Crippen LogP contribution in [0.5, 0.6) is 0 Å². The first-order valence-electron chi connectivity index (χ1n) is 9.41. The molecule has 6 heteroatoms. The predicted octanol–water partition coefficient (Wildman–Crippen LogP) is 3.49. The highest BCUT2D eigenvalue weighted by atomic mass is 16.2. The molecule has 2 aromatic carbocycles. The zero-order valence-corrected chi connectivity index (χ0v) is 16.4. The molecule has 0 spiro atoms. The summed E-state index contributed by atoms with van der Waals surface area (Å²) in [6, 6.07) is 14.5. The summed E-state index contributed by atoms with van der Waals surface area (Å²) in [4.78, 5) is 23.2. The Kier molecular flexibility index (Phi) is 4.77. The summed E-state index contributed by atoms with van der Waals surface area (Å²) in [5, 5.41) is 6.60. The van der Waals surface area contributed by atoms with Crippen LogP contribution in [0.4, 0.5) is 0 Å². The number of carbonyl (C=O) groups excluding carboxylic acids is 1. The van der Waals surface area contributed by atoms with Crippen molar-refractivity contribution in [2.75, 3.05) is 7.05 Å². The van der Waals surface area contributed by atoms with E-state index in [4.69, 9.17) is 0 Å². The third kappa shape index (κ3) is 3.33. The number of fused-ring (bicyclic) bond motifs is 2. The molecule has 1 amide bonds. The minimum Gasteiger partial charge on any atom is -0.341 e. The molecular formula is C22H23N5O. The summed E-state index contributed by atoms with van der Waals surface area (Å²) in [5.41, 5.74) is 4.11. The van der Waals surface area contributed by atoms with E-state index in [9.17, 15) is 4.79 Å². The molecule has 2 aromatic heterocycles. The monoisotopic (exact) mass is 373 g/mol. The summed E-state index contributed by atoms with van der Waals surface area (Å²) >= 11 is 0. The van der Waals surface area contributed by atoms with Crippen molar-refractivity contribution in [1.29, 1.82) is 0 Å². The van der Waals surface area contributed by atoms with Gasteiger partial charge in [-0.1, -0.05) is 42.5 Å². The molecule has 6 nitrogen and oxygen atoms in total. The van der Waals surface area contributed by atoms with Gasteiger partial charge in [-0.15, -0.1) is 0 Å². The molecule has 0 fully saturated rings. The number of benzene rings is 2. The van der Waals surface area contributed by atoms with Crippen molar-refractivity contribution in [3.63, 3.8) is 0 Å². The lowest BCUT2D eigenvalue weighted by Gasteiger charge is -2.19. The topological polar surface area (TPSA) is 63.4 Å². The second kappa shape index (κ2) is 7.38. The standard InChI is InChI=1S/C22H23N5O/c1-15-19(16(2)27-22(25-15)23-14-24-27)11-12-21(28)26(3)13-18-9-6-8-17-7-4-5-10-20(17)18/h4-10,14H,11-13H2,1-3H3. The lowest BCUT2D eigenvalue weighted by molar-refractivity contribution is -0.130. The zero-order chi connectivity index (χ0) is 19.7. The normalized spacial score (nSPS) is 11.2. The van der Waals surface area contributed by atoms with Gasteiger partial charge in [-0.3, -0.25) is 4.79 Å². The minimum absolute atomic E-state index is 0.116. The number of aromatic nitrogens is 4. The summed E-state index contributed by atoms with van der Waals surface area (Å²) < 4.78 is 1.73. The van der Waals surface area contributed by atoms with E-state index in [-0.39, 0.29) is 5.91 Å². The number of hydrogen-bond acceptors (Lipinski definition) is 4. The highest BCUT2D eigenvalue weighted by Gasteiger charge is 2.15. The van der Waals surface area contributed by atoms with Crippen LogP contribution in [-0.2, 0) is 17.8 Å². The molecule has 0 saturated carbocycles. The van der Waals surface area contributed by atoms with Crippen LogP contribution < -0.4 is 0 Å². The number of nitrogens with zero attached hydrogens (tertiary/aromatic N) is 5. The van der Waals surface area contributed by atoms with Crippen LogP contribution in [-0.4, -0.2) is 37.4 Å². The molecule has 0 saturated heterocycles. The first-order chi connectivity index (χ1) is 13.5. The number of rotatable bonds is 5. The fourth-order valence-electron chi connectivity index (χ4n) is 3.71. The van der Waals surface area contributed by atoms with Crippen LogP contribution in [0.15, 0.2) is 48.8 Å². The third-order valence-electron chi connectivity index (χ3n) is 5.29. The molecule has 0 bridgehead atoms. The molecule has 4 rings (SSSR count).